The van der Waals surface area contributed by atoms with Crippen LogP contribution in [0, 0.1) is 5.92 Å². The SMILES string of the molecule is CCC(C)CN(CC)CCOc1ccccc1CNC. The van der Waals surface area contributed by atoms with Crippen molar-refractivity contribution in [1.82, 2.24) is 10.2 Å². The molecule has 0 aliphatic rings. The second-order valence-electron chi connectivity index (χ2n) is 5.39. The van der Waals surface area contributed by atoms with Crippen LogP contribution in [-0.2, 0) is 6.54 Å². The second kappa shape index (κ2) is 9.78. The van der Waals surface area contributed by atoms with Gasteiger partial charge in [-0.15, -0.1) is 0 Å². The predicted molar refractivity (Wildman–Crippen MR) is 86.3 cm³/mol. The monoisotopic (exact) mass is 278 g/mol. The third-order valence-electron chi connectivity index (χ3n) is 3.72. The maximum Gasteiger partial charge on any atom is 0.123 e. The Morgan fingerprint density at radius 2 is 2.00 bits per heavy atom. The summed E-state index contributed by atoms with van der Waals surface area (Å²) in [6.07, 6.45) is 1.24. The average molecular weight is 278 g/mol. The Morgan fingerprint density at radius 1 is 1.25 bits per heavy atom. The van der Waals surface area contributed by atoms with Crippen molar-refractivity contribution in [3.63, 3.8) is 0 Å². The molecule has 0 aliphatic heterocycles. The van der Waals surface area contributed by atoms with Crippen LogP contribution in [0.2, 0.25) is 0 Å². The average Bonchev–Trinajstić information content (AvgIpc) is 2.48. The van der Waals surface area contributed by atoms with Crippen molar-refractivity contribution in [3.05, 3.63) is 29.8 Å². The number of para-hydroxylation sites is 1. The zero-order chi connectivity index (χ0) is 14.8. The van der Waals surface area contributed by atoms with E-state index in [0.717, 1.165) is 44.5 Å². The van der Waals surface area contributed by atoms with E-state index >= 15 is 0 Å². The highest BCUT2D eigenvalue weighted by atomic mass is 16.5. The molecule has 0 aromatic heterocycles. The minimum absolute atomic E-state index is 0.755. The van der Waals surface area contributed by atoms with E-state index in [1.165, 1.54) is 12.0 Å². The standard InChI is InChI=1S/C17H30N2O/c1-5-15(3)14-19(6-2)11-12-20-17-10-8-7-9-16(17)13-18-4/h7-10,15,18H,5-6,11-14H2,1-4H3. The molecule has 0 saturated heterocycles. The van der Waals surface area contributed by atoms with Gasteiger partial charge in [-0.2, -0.15) is 0 Å². The Kier molecular flexibility index (Phi) is 8.31. The summed E-state index contributed by atoms with van der Waals surface area (Å²) in [6.45, 7) is 11.6. The number of hydrogen-bond donors (Lipinski definition) is 1. The van der Waals surface area contributed by atoms with Crippen molar-refractivity contribution in [2.24, 2.45) is 5.92 Å². The predicted octanol–water partition coefficient (Wildman–Crippen LogP) is 3.15. The van der Waals surface area contributed by atoms with E-state index in [0.29, 0.717) is 0 Å². The first kappa shape index (κ1) is 17.0. The molecule has 0 bridgehead atoms. The van der Waals surface area contributed by atoms with Gasteiger partial charge in [0.2, 0.25) is 0 Å². The number of hydrogen-bond acceptors (Lipinski definition) is 3. The molecule has 0 heterocycles. The van der Waals surface area contributed by atoms with Gasteiger partial charge in [-0.25, -0.2) is 0 Å². The zero-order valence-corrected chi connectivity index (χ0v) is 13.5. The molecule has 1 aromatic rings. The molecule has 0 saturated carbocycles. The minimum atomic E-state index is 0.755. The lowest BCUT2D eigenvalue weighted by molar-refractivity contribution is 0.194. The largest absolute Gasteiger partial charge is 0.492 e. The van der Waals surface area contributed by atoms with Gasteiger partial charge in [-0.1, -0.05) is 45.4 Å². The zero-order valence-electron chi connectivity index (χ0n) is 13.5. The minimum Gasteiger partial charge on any atom is -0.492 e. The summed E-state index contributed by atoms with van der Waals surface area (Å²) in [7, 11) is 1.96. The van der Waals surface area contributed by atoms with E-state index in [2.05, 4.69) is 49.2 Å². The highest BCUT2D eigenvalue weighted by Gasteiger charge is 2.08. The lowest BCUT2D eigenvalue weighted by Crippen LogP contribution is -2.32. The molecular weight excluding hydrogens is 248 g/mol. The fourth-order valence-electron chi connectivity index (χ4n) is 2.21. The number of nitrogens with one attached hydrogen (secondary N) is 1. The van der Waals surface area contributed by atoms with E-state index < -0.39 is 0 Å². The first-order chi connectivity index (χ1) is 9.71. The number of benzene rings is 1. The lowest BCUT2D eigenvalue weighted by atomic mass is 10.1. The topological polar surface area (TPSA) is 24.5 Å². The van der Waals surface area contributed by atoms with E-state index in [-0.39, 0.29) is 0 Å². The van der Waals surface area contributed by atoms with Gasteiger partial charge >= 0.3 is 0 Å². The van der Waals surface area contributed by atoms with Crippen molar-refractivity contribution >= 4 is 0 Å². The van der Waals surface area contributed by atoms with E-state index in [9.17, 15) is 0 Å². The lowest BCUT2D eigenvalue weighted by Gasteiger charge is -2.24. The van der Waals surface area contributed by atoms with Crippen molar-refractivity contribution in [2.45, 2.75) is 33.7 Å². The molecule has 1 unspecified atom stereocenters. The fourth-order valence-corrected chi connectivity index (χ4v) is 2.21. The summed E-state index contributed by atoms with van der Waals surface area (Å²) in [5.41, 5.74) is 1.22. The van der Waals surface area contributed by atoms with Gasteiger partial charge in [0.25, 0.3) is 0 Å². The second-order valence-corrected chi connectivity index (χ2v) is 5.39. The van der Waals surface area contributed by atoms with E-state index in [1.54, 1.807) is 0 Å². The first-order valence-electron chi connectivity index (χ1n) is 7.78. The van der Waals surface area contributed by atoms with Crippen LogP contribution in [0.3, 0.4) is 0 Å². The summed E-state index contributed by atoms with van der Waals surface area (Å²) in [5, 5.41) is 3.18. The molecule has 1 rings (SSSR count). The molecular formula is C17H30N2O. The summed E-state index contributed by atoms with van der Waals surface area (Å²) < 4.78 is 5.96. The van der Waals surface area contributed by atoms with Crippen molar-refractivity contribution < 1.29 is 4.74 Å². The maximum atomic E-state index is 5.96. The van der Waals surface area contributed by atoms with Gasteiger partial charge in [-0.05, 0) is 25.6 Å². The third-order valence-corrected chi connectivity index (χ3v) is 3.72. The molecule has 1 aromatic carbocycles. The fraction of sp³-hybridized carbons (Fsp3) is 0.647. The summed E-state index contributed by atoms with van der Waals surface area (Å²) in [6, 6.07) is 8.26. The third kappa shape index (κ3) is 5.93. The Morgan fingerprint density at radius 3 is 2.65 bits per heavy atom. The molecule has 0 spiro atoms. The van der Waals surface area contributed by atoms with Gasteiger partial charge in [0, 0.05) is 25.2 Å². The van der Waals surface area contributed by atoms with Crippen LogP contribution in [0.4, 0.5) is 0 Å². The quantitative estimate of drug-likeness (QED) is 0.711. The van der Waals surface area contributed by atoms with Crippen LogP contribution in [-0.4, -0.2) is 38.2 Å². The van der Waals surface area contributed by atoms with Gasteiger partial charge in [-0.3, -0.25) is 4.90 Å². The van der Waals surface area contributed by atoms with Crippen LogP contribution in [0.15, 0.2) is 24.3 Å². The van der Waals surface area contributed by atoms with E-state index in [4.69, 9.17) is 4.74 Å². The normalized spacial score (nSPS) is 12.7. The van der Waals surface area contributed by atoms with Gasteiger partial charge in [0.1, 0.15) is 12.4 Å². The molecule has 20 heavy (non-hydrogen) atoms. The Balaban J connectivity index is 2.42. The smallest absolute Gasteiger partial charge is 0.123 e. The molecule has 3 heteroatoms. The Bertz CT molecular complexity index is 368. The van der Waals surface area contributed by atoms with Crippen molar-refractivity contribution in [1.29, 1.82) is 0 Å². The first-order valence-corrected chi connectivity index (χ1v) is 7.78. The molecule has 3 nitrogen and oxygen atoms in total. The van der Waals surface area contributed by atoms with Crippen LogP contribution in [0.1, 0.15) is 32.8 Å². The number of likely N-dealkylation sites (N-methyl/N-ethyl adjacent to an activating group) is 1. The van der Waals surface area contributed by atoms with Gasteiger partial charge in [0.05, 0.1) is 0 Å². The highest BCUT2D eigenvalue weighted by Crippen LogP contribution is 2.17. The highest BCUT2D eigenvalue weighted by molar-refractivity contribution is 5.33. The van der Waals surface area contributed by atoms with Crippen molar-refractivity contribution in [2.75, 3.05) is 33.3 Å². The number of rotatable bonds is 10. The Hall–Kier alpha value is -1.06. The molecule has 0 radical (unpaired) electrons. The molecule has 1 atom stereocenters. The number of ether oxygens (including phenoxy) is 1. The van der Waals surface area contributed by atoms with E-state index in [1.807, 2.05) is 13.1 Å². The van der Waals surface area contributed by atoms with Crippen molar-refractivity contribution in [3.8, 4) is 5.75 Å². The Labute approximate surface area is 124 Å². The van der Waals surface area contributed by atoms with Gasteiger partial charge < -0.3 is 10.1 Å². The summed E-state index contributed by atoms with van der Waals surface area (Å²) >= 11 is 0. The number of nitrogens with zero attached hydrogens (tertiary/aromatic N) is 1. The van der Waals surface area contributed by atoms with Crippen LogP contribution < -0.4 is 10.1 Å². The maximum absolute atomic E-state index is 5.96. The van der Waals surface area contributed by atoms with Gasteiger partial charge in [0.15, 0.2) is 0 Å². The molecule has 0 aliphatic carbocycles. The molecule has 0 amide bonds. The summed E-state index contributed by atoms with van der Waals surface area (Å²) in [5.74, 6) is 1.76. The molecule has 1 N–H and O–H groups in total. The molecule has 0 fully saturated rings. The summed E-state index contributed by atoms with van der Waals surface area (Å²) in [4.78, 5) is 2.47. The van der Waals surface area contributed by atoms with Crippen LogP contribution in [0.25, 0.3) is 0 Å². The van der Waals surface area contributed by atoms with Crippen LogP contribution >= 0.6 is 0 Å². The van der Waals surface area contributed by atoms with Crippen LogP contribution in [0.5, 0.6) is 5.75 Å². The molecule has 114 valence electrons.